The molecule has 0 radical (unpaired) electrons. The second-order valence-electron chi connectivity index (χ2n) is 9.03. The summed E-state index contributed by atoms with van der Waals surface area (Å²) < 4.78 is 17.4. The van der Waals surface area contributed by atoms with Crippen LogP contribution >= 0.6 is 0 Å². The maximum absolute atomic E-state index is 13.9. The molecule has 0 spiro atoms. The van der Waals surface area contributed by atoms with Crippen molar-refractivity contribution >= 4 is 22.1 Å². The Morgan fingerprint density at radius 1 is 1.06 bits per heavy atom. The molecule has 2 N–H and O–H groups in total. The minimum atomic E-state index is -0.286. The van der Waals surface area contributed by atoms with Gasteiger partial charge in [-0.25, -0.2) is 9.37 Å². The van der Waals surface area contributed by atoms with Crippen LogP contribution in [-0.2, 0) is 13.1 Å². The number of likely N-dealkylation sites (tertiary alicyclic amines) is 1. The molecule has 4 aromatic rings. The van der Waals surface area contributed by atoms with E-state index in [0.29, 0.717) is 30.2 Å². The van der Waals surface area contributed by atoms with E-state index in [2.05, 4.69) is 20.2 Å². The van der Waals surface area contributed by atoms with Gasteiger partial charge < -0.3 is 15.2 Å². The number of benzene rings is 1. The van der Waals surface area contributed by atoms with Gasteiger partial charge >= 0.3 is 0 Å². The third-order valence-corrected chi connectivity index (χ3v) is 6.95. The van der Waals surface area contributed by atoms with E-state index in [1.807, 2.05) is 0 Å². The van der Waals surface area contributed by atoms with Crippen LogP contribution in [0.15, 0.2) is 52.1 Å². The molecule has 8 nitrogen and oxygen atoms in total. The number of aromatic amines is 1. The molecule has 1 aromatic carbocycles. The van der Waals surface area contributed by atoms with Crippen molar-refractivity contribution in [2.75, 3.05) is 19.6 Å². The number of rotatable bonds is 5. The highest BCUT2D eigenvalue weighted by molar-refractivity contribution is 5.76. The molecule has 0 saturated carbocycles. The number of hydrogen-bond donors (Lipinski definition) is 2. The molecular weight excluding hydrogens is 423 g/mol. The van der Waals surface area contributed by atoms with Crippen molar-refractivity contribution in [1.29, 1.82) is 0 Å². The first-order valence-electron chi connectivity index (χ1n) is 11.4. The number of H-pyrrole nitrogens is 1. The molecular formula is C24H25FN6O2. The maximum Gasteiger partial charge on any atom is 0.252 e. The van der Waals surface area contributed by atoms with Gasteiger partial charge in [0.15, 0.2) is 0 Å². The number of aromatic nitrogens is 4. The van der Waals surface area contributed by atoms with Crippen LogP contribution in [-0.4, -0.2) is 49.7 Å². The minimum Gasteiger partial charge on any atom is -0.338 e. The molecule has 9 heteroatoms. The lowest BCUT2D eigenvalue weighted by Gasteiger charge is -2.34. The number of piperidine rings is 1. The van der Waals surface area contributed by atoms with Crippen molar-refractivity contribution in [2.45, 2.75) is 38.0 Å². The van der Waals surface area contributed by atoms with E-state index < -0.39 is 0 Å². The Morgan fingerprint density at radius 3 is 2.64 bits per heavy atom. The predicted molar refractivity (Wildman–Crippen MR) is 124 cm³/mol. The normalized spacial score (nSPS) is 19.1. The molecule has 3 aromatic heterocycles. The first-order valence-corrected chi connectivity index (χ1v) is 11.4. The summed E-state index contributed by atoms with van der Waals surface area (Å²) in [6.45, 7) is 3.68. The minimum absolute atomic E-state index is 0.0359. The van der Waals surface area contributed by atoms with Crippen LogP contribution in [0.3, 0.4) is 0 Å². The van der Waals surface area contributed by atoms with Gasteiger partial charge in [0, 0.05) is 36.7 Å². The van der Waals surface area contributed by atoms with Gasteiger partial charge in [0.25, 0.3) is 11.1 Å². The molecule has 1 unspecified atom stereocenters. The van der Waals surface area contributed by atoms with Gasteiger partial charge in [0.2, 0.25) is 0 Å². The zero-order chi connectivity index (χ0) is 22.5. The van der Waals surface area contributed by atoms with E-state index >= 15 is 0 Å². The average molecular weight is 449 g/mol. The summed E-state index contributed by atoms with van der Waals surface area (Å²) >= 11 is 0. The molecule has 1 atom stereocenters. The Bertz CT molecular complexity index is 1460. The summed E-state index contributed by atoms with van der Waals surface area (Å²) in [6.07, 6.45) is 1.96. The second-order valence-corrected chi connectivity index (χ2v) is 9.03. The molecule has 1 saturated heterocycles. The van der Waals surface area contributed by atoms with E-state index in [1.54, 1.807) is 45.5 Å². The SMILES string of the molecule is O=c1ccc2ccc(=O)n3c2n1CC3CN1CCC(NCc2nc3cccc(F)c3[nH]2)CC1. The summed E-state index contributed by atoms with van der Waals surface area (Å²) in [5, 5.41) is 4.46. The number of nitrogens with zero attached hydrogens (tertiary/aromatic N) is 4. The van der Waals surface area contributed by atoms with Crippen molar-refractivity contribution in [3.63, 3.8) is 0 Å². The largest absolute Gasteiger partial charge is 0.338 e. The number of fused-ring (bicyclic) bond motifs is 1. The smallest absolute Gasteiger partial charge is 0.252 e. The predicted octanol–water partition coefficient (Wildman–Crippen LogP) is 1.99. The van der Waals surface area contributed by atoms with Crippen molar-refractivity contribution in [3.8, 4) is 0 Å². The Labute approximate surface area is 188 Å². The van der Waals surface area contributed by atoms with Crippen LogP contribution in [0.1, 0.15) is 24.7 Å². The van der Waals surface area contributed by atoms with Crippen molar-refractivity contribution in [1.82, 2.24) is 29.3 Å². The highest BCUT2D eigenvalue weighted by atomic mass is 19.1. The van der Waals surface area contributed by atoms with Gasteiger partial charge in [-0.3, -0.25) is 18.7 Å². The van der Waals surface area contributed by atoms with Crippen LogP contribution in [0, 0.1) is 5.82 Å². The Morgan fingerprint density at radius 2 is 1.85 bits per heavy atom. The van der Waals surface area contributed by atoms with Crippen molar-refractivity contribution in [3.05, 3.63) is 74.8 Å². The summed E-state index contributed by atoms with van der Waals surface area (Å²) in [4.78, 5) is 34.9. The Kier molecular flexibility index (Phi) is 4.88. The van der Waals surface area contributed by atoms with E-state index in [9.17, 15) is 14.0 Å². The highest BCUT2D eigenvalue weighted by Gasteiger charge is 2.29. The quantitative estimate of drug-likeness (QED) is 0.488. The van der Waals surface area contributed by atoms with E-state index in [-0.39, 0.29) is 23.0 Å². The maximum atomic E-state index is 13.9. The van der Waals surface area contributed by atoms with Crippen LogP contribution < -0.4 is 16.4 Å². The molecule has 33 heavy (non-hydrogen) atoms. The van der Waals surface area contributed by atoms with Crippen LogP contribution in [0.25, 0.3) is 22.1 Å². The number of halogens is 1. The topological polar surface area (TPSA) is 87.9 Å². The third kappa shape index (κ3) is 3.57. The molecule has 6 rings (SSSR count). The molecule has 0 aliphatic carbocycles. The number of imidazole rings is 1. The molecule has 2 aliphatic rings. The fourth-order valence-electron chi connectivity index (χ4n) is 5.28. The number of pyridine rings is 2. The molecule has 1 fully saturated rings. The summed E-state index contributed by atoms with van der Waals surface area (Å²) in [5.74, 6) is 0.449. The molecule has 2 aliphatic heterocycles. The van der Waals surface area contributed by atoms with Crippen LogP contribution in [0.2, 0.25) is 0 Å². The number of para-hydroxylation sites is 1. The van der Waals surface area contributed by atoms with Gasteiger partial charge in [0.1, 0.15) is 22.8 Å². The first kappa shape index (κ1) is 20.3. The standard InChI is InChI=1S/C24H25FN6O2/c25-18-2-1-3-19-23(18)28-20(27-19)12-26-16-8-10-29(11-9-16)13-17-14-30-21(32)6-4-15-5-7-22(33)31(17)24(15)30/h1-7,16-17,26H,8-14H2,(H,27,28). The second kappa shape index (κ2) is 7.93. The molecule has 170 valence electrons. The van der Waals surface area contributed by atoms with E-state index in [0.717, 1.165) is 49.3 Å². The summed E-state index contributed by atoms with van der Waals surface area (Å²) in [7, 11) is 0. The summed E-state index contributed by atoms with van der Waals surface area (Å²) in [6, 6.07) is 12.0. The number of nitrogens with one attached hydrogen (secondary N) is 2. The lowest BCUT2D eigenvalue weighted by atomic mass is 10.0. The monoisotopic (exact) mass is 448 g/mol. The lowest BCUT2D eigenvalue weighted by molar-refractivity contribution is 0.171. The Hall–Kier alpha value is -3.30. The zero-order valence-electron chi connectivity index (χ0n) is 18.1. The van der Waals surface area contributed by atoms with Crippen LogP contribution in [0.4, 0.5) is 4.39 Å². The highest BCUT2D eigenvalue weighted by Crippen LogP contribution is 2.25. The van der Waals surface area contributed by atoms with Crippen LogP contribution in [0.5, 0.6) is 0 Å². The number of hydrogen-bond acceptors (Lipinski definition) is 5. The van der Waals surface area contributed by atoms with Gasteiger partial charge in [-0.2, -0.15) is 0 Å². The third-order valence-electron chi connectivity index (χ3n) is 6.95. The average Bonchev–Trinajstić information content (AvgIpc) is 3.41. The van der Waals surface area contributed by atoms with E-state index in [1.165, 1.54) is 6.07 Å². The lowest BCUT2D eigenvalue weighted by Crippen LogP contribution is -2.44. The van der Waals surface area contributed by atoms with Gasteiger partial charge in [-0.05, 0) is 50.2 Å². The summed E-state index contributed by atoms with van der Waals surface area (Å²) in [5.41, 5.74) is 1.72. The van der Waals surface area contributed by atoms with Gasteiger partial charge in [0.05, 0.1) is 18.1 Å². The molecule has 5 heterocycles. The Balaban J connectivity index is 1.08. The fourth-order valence-corrected chi connectivity index (χ4v) is 5.28. The fraction of sp³-hybridized carbons (Fsp3) is 0.375. The van der Waals surface area contributed by atoms with Crippen molar-refractivity contribution in [2.24, 2.45) is 0 Å². The molecule has 0 amide bonds. The zero-order valence-corrected chi connectivity index (χ0v) is 18.1. The van der Waals surface area contributed by atoms with Gasteiger partial charge in [-0.15, -0.1) is 0 Å². The molecule has 0 bridgehead atoms. The van der Waals surface area contributed by atoms with Gasteiger partial charge in [-0.1, -0.05) is 6.07 Å². The van der Waals surface area contributed by atoms with E-state index in [4.69, 9.17) is 0 Å². The first-order chi connectivity index (χ1) is 16.1. The van der Waals surface area contributed by atoms with Crippen molar-refractivity contribution < 1.29 is 4.39 Å².